The van der Waals surface area contributed by atoms with Gasteiger partial charge in [0.05, 0.1) is 11.9 Å². The molecule has 0 aliphatic heterocycles. The lowest BCUT2D eigenvalue weighted by Crippen LogP contribution is -2.50. The van der Waals surface area contributed by atoms with Crippen molar-refractivity contribution < 1.29 is 18.0 Å². The van der Waals surface area contributed by atoms with E-state index in [1.807, 2.05) is 19.1 Å². The molecule has 0 spiro atoms. The Balaban J connectivity index is 1.75. The molecule has 38 heavy (non-hydrogen) atoms. The van der Waals surface area contributed by atoms with Crippen molar-refractivity contribution in [3.05, 3.63) is 63.6 Å². The summed E-state index contributed by atoms with van der Waals surface area (Å²) in [5.74, 6) is -0.450. The second-order valence-corrected chi connectivity index (χ2v) is 12.8. The fourth-order valence-corrected chi connectivity index (χ4v) is 6.30. The van der Waals surface area contributed by atoms with Gasteiger partial charge in [0.15, 0.2) is 0 Å². The first-order valence-corrected chi connectivity index (χ1v) is 15.6. The van der Waals surface area contributed by atoms with Crippen molar-refractivity contribution in [1.82, 2.24) is 10.2 Å². The summed E-state index contributed by atoms with van der Waals surface area (Å²) in [5.41, 5.74) is 2.10. The summed E-state index contributed by atoms with van der Waals surface area (Å²) in [6.07, 6.45) is 6.75. The van der Waals surface area contributed by atoms with E-state index in [0.29, 0.717) is 27.7 Å². The molecular formula is C28H37Cl2N3O4S. The van der Waals surface area contributed by atoms with Gasteiger partial charge in [-0.05, 0) is 62.4 Å². The predicted octanol–water partition coefficient (Wildman–Crippen LogP) is 5.71. The zero-order valence-corrected chi connectivity index (χ0v) is 24.6. The van der Waals surface area contributed by atoms with E-state index in [9.17, 15) is 18.0 Å². The number of hydrogen-bond donors (Lipinski definition) is 1. The predicted molar refractivity (Wildman–Crippen MR) is 154 cm³/mol. The molecule has 1 aliphatic rings. The third kappa shape index (κ3) is 8.35. The first-order valence-electron chi connectivity index (χ1n) is 13.0. The molecule has 10 heteroatoms. The third-order valence-corrected chi connectivity index (χ3v) is 8.78. The van der Waals surface area contributed by atoms with E-state index in [1.54, 1.807) is 37.3 Å². The molecule has 1 fully saturated rings. The van der Waals surface area contributed by atoms with E-state index in [-0.39, 0.29) is 37.4 Å². The van der Waals surface area contributed by atoms with Crippen LogP contribution in [0, 0.1) is 6.92 Å². The van der Waals surface area contributed by atoms with Crippen LogP contribution >= 0.6 is 23.2 Å². The van der Waals surface area contributed by atoms with Gasteiger partial charge in [-0.25, -0.2) is 8.42 Å². The van der Waals surface area contributed by atoms with Crippen LogP contribution in [0.15, 0.2) is 42.5 Å². The van der Waals surface area contributed by atoms with Crippen molar-refractivity contribution in [2.24, 2.45) is 0 Å². The Labute approximate surface area is 236 Å². The fraction of sp³-hybridized carbons (Fsp3) is 0.500. The quantitative estimate of drug-likeness (QED) is 0.368. The summed E-state index contributed by atoms with van der Waals surface area (Å²) in [7, 11) is -3.55. The SMILES string of the molecule is Cc1ccccc1N(CCCC(=O)N(Cc1ccc(Cl)cc1Cl)[C@@H](C)C(=O)NC1CCCCC1)S(C)(=O)=O. The Hall–Kier alpha value is -2.29. The molecule has 2 amide bonds. The average molecular weight is 583 g/mol. The molecule has 2 aromatic rings. The van der Waals surface area contributed by atoms with Gasteiger partial charge in [0.2, 0.25) is 21.8 Å². The number of benzene rings is 2. The largest absolute Gasteiger partial charge is 0.352 e. The van der Waals surface area contributed by atoms with Crippen LogP contribution in [0.3, 0.4) is 0 Å². The third-order valence-electron chi connectivity index (χ3n) is 7.01. The van der Waals surface area contributed by atoms with Crippen molar-refractivity contribution in [3.8, 4) is 0 Å². The van der Waals surface area contributed by atoms with E-state index in [0.717, 1.165) is 37.5 Å². The van der Waals surface area contributed by atoms with Crippen molar-refractivity contribution in [2.75, 3.05) is 17.1 Å². The van der Waals surface area contributed by atoms with Crippen molar-refractivity contribution >= 4 is 50.7 Å². The maximum Gasteiger partial charge on any atom is 0.242 e. The highest BCUT2D eigenvalue weighted by atomic mass is 35.5. The van der Waals surface area contributed by atoms with Gasteiger partial charge in [0.1, 0.15) is 6.04 Å². The molecule has 7 nitrogen and oxygen atoms in total. The Morgan fingerprint density at radius 3 is 2.39 bits per heavy atom. The lowest BCUT2D eigenvalue weighted by molar-refractivity contribution is -0.141. The molecule has 0 bridgehead atoms. The van der Waals surface area contributed by atoms with Gasteiger partial charge in [-0.2, -0.15) is 0 Å². The Bertz CT molecular complexity index is 1230. The van der Waals surface area contributed by atoms with Crippen LogP contribution in [0.5, 0.6) is 0 Å². The van der Waals surface area contributed by atoms with Gasteiger partial charge in [-0.3, -0.25) is 13.9 Å². The highest BCUT2D eigenvalue weighted by Gasteiger charge is 2.29. The molecule has 0 radical (unpaired) electrons. The molecule has 1 atom stereocenters. The number of amides is 2. The van der Waals surface area contributed by atoms with Crippen LogP contribution in [0.25, 0.3) is 0 Å². The van der Waals surface area contributed by atoms with Crippen LogP contribution in [0.1, 0.15) is 63.0 Å². The average Bonchev–Trinajstić information content (AvgIpc) is 2.86. The van der Waals surface area contributed by atoms with E-state index in [4.69, 9.17) is 23.2 Å². The first kappa shape index (κ1) is 30.3. The maximum absolute atomic E-state index is 13.5. The number of para-hydroxylation sites is 1. The van der Waals surface area contributed by atoms with Gasteiger partial charge >= 0.3 is 0 Å². The molecule has 0 heterocycles. The van der Waals surface area contributed by atoms with Gasteiger partial charge in [0, 0.05) is 35.6 Å². The molecule has 0 aromatic heterocycles. The van der Waals surface area contributed by atoms with Gasteiger partial charge in [-0.15, -0.1) is 0 Å². The number of hydrogen-bond acceptors (Lipinski definition) is 4. The van der Waals surface area contributed by atoms with E-state index < -0.39 is 16.1 Å². The number of halogens is 2. The monoisotopic (exact) mass is 581 g/mol. The topological polar surface area (TPSA) is 86.8 Å². The summed E-state index contributed by atoms with van der Waals surface area (Å²) < 4.78 is 26.4. The lowest BCUT2D eigenvalue weighted by Gasteiger charge is -2.32. The number of aryl methyl sites for hydroxylation is 1. The summed E-state index contributed by atoms with van der Waals surface area (Å²) >= 11 is 12.5. The van der Waals surface area contributed by atoms with Crippen molar-refractivity contribution in [2.45, 2.75) is 77.4 Å². The zero-order valence-electron chi connectivity index (χ0n) is 22.3. The van der Waals surface area contributed by atoms with Crippen LogP contribution < -0.4 is 9.62 Å². The summed E-state index contributed by atoms with van der Waals surface area (Å²) in [6.45, 7) is 3.86. The number of carbonyl (C=O) groups excluding carboxylic acids is 2. The highest BCUT2D eigenvalue weighted by molar-refractivity contribution is 7.92. The molecular weight excluding hydrogens is 545 g/mol. The van der Waals surface area contributed by atoms with Gasteiger partial charge in [-0.1, -0.05) is 66.7 Å². The summed E-state index contributed by atoms with van der Waals surface area (Å²) in [4.78, 5) is 28.2. The maximum atomic E-state index is 13.5. The van der Waals surface area contributed by atoms with Crippen LogP contribution in [0.4, 0.5) is 5.69 Å². The molecule has 208 valence electrons. The molecule has 1 saturated carbocycles. The zero-order chi connectivity index (χ0) is 27.9. The molecule has 1 N–H and O–H groups in total. The smallest absolute Gasteiger partial charge is 0.242 e. The minimum absolute atomic E-state index is 0.0736. The van der Waals surface area contributed by atoms with Gasteiger partial charge in [0.25, 0.3) is 0 Å². The normalized spacial score (nSPS) is 15.1. The Morgan fingerprint density at radius 2 is 1.76 bits per heavy atom. The number of nitrogens with one attached hydrogen (secondary N) is 1. The molecule has 2 aromatic carbocycles. The summed E-state index contributed by atoms with van der Waals surface area (Å²) in [5, 5.41) is 4.01. The molecule has 0 saturated heterocycles. The summed E-state index contributed by atoms with van der Waals surface area (Å²) in [6, 6.07) is 11.7. The number of sulfonamides is 1. The lowest BCUT2D eigenvalue weighted by atomic mass is 9.95. The number of anilines is 1. The minimum Gasteiger partial charge on any atom is -0.352 e. The van der Waals surface area contributed by atoms with E-state index in [1.165, 1.54) is 15.6 Å². The van der Waals surface area contributed by atoms with Crippen molar-refractivity contribution in [3.63, 3.8) is 0 Å². The number of carbonyl (C=O) groups is 2. The van der Waals surface area contributed by atoms with E-state index in [2.05, 4.69) is 5.32 Å². The van der Waals surface area contributed by atoms with Gasteiger partial charge < -0.3 is 10.2 Å². The van der Waals surface area contributed by atoms with Crippen LogP contribution in [0.2, 0.25) is 10.0 Å². The fourth-order valence-electron chi connectivity index (χ4n) is 4.81. The standard InChI is InChI=1S/C28H37Cl2N3O4S/c1-20-10-7-8-13-26(20)33(38(3,36)37)17-9-14-27(34)32(19-22-15-16-23(29)18-25(22)30)21(2)28(35)31-24-11-5-4-6-12-24/h7-8,10,13,15-16,18,21,24H,4-6,9,11-12,14,17,19H2,1-3H3,(H,31,35)/t21-/m0/s1. The Morgan fingerprint density at radius 1 is 1.08 bits per heavy atom. The van der Waals surface area contributed by atoms with Crippen LogP contribution in [-0.2, 0) is 26.2 Å². The van der Waals surface area contributed by atoms with Crippen molar-refractivity contribution in [1.29, 1.82) is 0 Å². The number of nitrogens with zero attached hydrogens (tertiary/aromatic N) is 2. The highest BCUT2D eigenvalue weighted by Crippen LogP contribution is 2.25. The minimum atomic E-state index is -3.55. The Kier molecular flexibility index (Phi) is 10.9. The van der Waals surface area contributed by atoms with E-state index >= 15 is 0 Å². The molecule has 1 aliphatic carbocycles. The first-order chi connectivity index (χ1) is 18.0. The van der Waals surface area contributed by atoms with Crippen LogP contribution in [-0.4, -0.2) is 50.0 Å². The second kappa shape index (κ2) is 13.7. The molecule has 0 unspecified atom stereocenters. The number of rotatable bonds is 11. The molecule has 3 rings (SSSR count). The second-order valence-electron chi connectivity index (χ2n) is 10.0.